The highest BCUT2D eigenvalue weighted by atomic mass is 17.2. The second-order valence-electron chi connectivity index (χ2n) is 6.52. The molecule has 0 radical (unpaired) electrons. The summed E-state index contributed by atoms with van der Waals surface area (Å²) in [6, 6.07) is 9.68. The van der Waals surface area contributed by atoms with E-state index in [2.05, 4.69) is 0 Å². The molecule has 136 valence electrons. The number of amides is 2. The van der Waals surface area contributed by atoms with Crippen molar-refractivity contribution in [3.63, 3.8) is 0 Å². The minimum absolute atomic E-state index is 0.208. The van der Waals surface area contributed by atoms with Crippen LogP contribution in [0.1, 0.15) is 39.7 Å². The van der Waals surface area contributed by atoms with Gasteiger partial charge in [0.1, 0.15) is 5.60 Å². The van der Waals surface area contributed by atoms with Crippen LogP contribution >= 0.6 is 0 Å². The molecule has 0 spiro atoms. The molecule has 0 fully saturated rings. The van der Waals surface area contributed by atoms with Crippen LogP contribution in [0.4, 0.5) is 0 Å². The van der Waals surface area contributed by atoms with Crippen LogP contribution in [0.2, 0.25) is 0 Å². The molecule has 1 aromatic rings. The lowest BCUT2D eigenvalue weighted by molar-refractivity contribution is -0.421. The Balaban J connectivity index is 1.89. The minimum atomic E-state index is -0.690. The number of nitrogens with zero attached hydrogens (tertiary/aromatic N) is 1. The van der Waals surface area contributed by atoms with Gasteiger partial charge in [-0.2, -0.15) is 0 Å². The normalized spacial score (nSPS) is 16.8. The van der Waals surface area contributed by atoms with Crippen molar-refractivity contribution in [2.24, 2.45) is 0 Å². The Kier molecular flexibility index (Phi) is 6.11. The van der Waals surface area contributed by atoms with Gasteiger partial charge in [0.05, 0.1) is 0 Å². The Morgan fingerprint density at radius 3 is 2.12 bits per heavy atom. The lowest BCUT2D eigenvalue weighted by Crippen LogP contribution is -2.35. The van der Waals surface area contributed by atoms with Crippen LogP contribution in [0, 0.1) is 0 Å². The third-order valence-electron chi connectivity index (χ3n) is 4.38. The molecule has 0 saturated heterocycles. The van der Waals surface area contributed by atoms with E-state index in [0.717, 1.165) is 5.56 Å². The summed E-state index contributed by atoms with van der Waals surface area (Å²) in [6.45, 7) is 7.30. The van der Waals surface area contributed by atoms with Crippen LogP contribution in [0.5, 0.6) is 0 Å². The van der Waals surface area contributed by atoms with E-state index in [-0.39, 0.29) is 18.4 Å². The molecule has 0 bridgehead atoms. The summed E-state index contributed by atoms with van der Waals surface area (Å²) in [5.41, 5.74) is 1.28. The molecule has 0 aliphatic carbocycles. The summed E-state index contributed by atoms with van der Waals surface area (Å²) in [7, 11) is 1.49. The SMILES string of the molecule is COC(CCN1C(=O)C(C)=C(C)C1=O)OOC(C)(C)c1ccccc1. The van der Waals surface area contributed by atoms with Gasteiger partial charge in [-0.25, -0.2) is 9.78 Å². The summed E-state index contributed by atoms with van der Waals surface area (Å²) in [4.78, 5) is 36.3. The molecule has 2 amide bonds. The average Bonchev–Trinajstić information content (AvgIpc) is 2.80. The first-order valence-electron chi connectivity index (χ1n) is 8.24. The molecule has 1 atom stereocenters. The van der Waals surface area contributed by atoms with E-state index < -0.39 is 11.9 Å². The first-order valence-corrected chi connectivity index (χ1v) is 8.24. The third kappa shape index (κ3) is 4.34. The van der Waals surface area contributed by atoms with Crippen LogP contribution in [0.25, 0.3) is 0 Å². The molecule has 6 nitrogen and oxygen atoms in total. The maximum Gasteiger partial charge on any atom is 0.256 e. The van der Waals surface area contributed by atoms with Gasteiger partial charge in [-0.1, -0.05) is 30.3 Å². The zero-order valence-electron chi connectivity index (χ0n) is 15.4. The largest absolute Gasteiger partial charge is 0.353 e. The van der Waals surface area contributed by atoms with Crippen molar-refractivity contribution >= 4 is 11.8 Å². The fraction of sp³-hybridized carbons (Fsp3) is 0.474. The van der Waals surface area contributed by atoms with Crippen molar-refractivity contribution in [1.29, 1.82) is 0 Å². The Bertz CT molecular complexity index is 642. The predicted molar refractivity (Wildman–Crippen MR) is 92.1 cm³/mol. The molecule has 25 heavy (non-hydrogen) atoms. The van der Waals surface area contributed by atoms with Gasteiger partial charge >= 0.3 is 0 Å². The van der Waals surface area contributed by atoms with Crippen LogP contribution < -0.4 is 0 Å². The van der Waals surface area contributed by atoms with Crippen molar-refractivity contribution in [3.8, 4) is 0 Å². The highest BCUT2D eigenvalue weighted by Crippen LogP contribution is 2.26. The summed E-state index contributed by atoms with van der Waals surface area (Å²) < 4.78 is 5.26. The van der Waals surface area contributed by atoms with Gasteiger partial charge in [-0.3, -0.25) is 14.5 Å². The van der Waals surface area contributed by atoms with Crippen LogP contribution in [-0.2, 0) is 29.7 Å². The topological polar surface area (TPSA) is 65.1 Å². The Morgan fingerprint density at radius 1 is 1.04 bits per heavy atom. The van der Waals surface area contributed by atoms with Crippen molar-refractivity contribution < 1.29 is 24.1 Å². The first kappa shape index (κ1) is 19.3. The number of benzene rings is 1. The molecular weight excluding hydrogens is 322 g/mol. The van der Waals surface area contributed by atoms with Crippen LogP contribution in [-0.4, -0.2) is 36.7 Å². The summed E-state index contributed by atoms with van der Waals surface area (Å²) in [6.07, 6.45) is -0.371. The zero-order chi connectivity index (χ0) is 18.6. The third-order valence-corrected chi connectivity index (χ3v) is 4.38. The maximum absolute atomic E-state index is 12.1. The second kappa shape index (κ2) is 7.91. The highest BCUT2D eigenvalue weighted by Gasteiger charge is 2.33. The summed E-state index contributed by atoms with van der Waals surface area (Å²) in [5.74, 6) is -0.522. The highest BCUT2D eigenvalue weighted by molar-refractivity contribution is 6.18. The molecule has 1 unspecified atom stereocenters. The maximum atomic E-state index is 12.1. The van der Waals surface area contributed by atoms with Gasteiger partial charge in [0.25, 0.3) is 11.8 Å². The van der Waals surface area contributed by atoms with Gasteiger partial charge in [0, 0.05) is 31.2 Å². The smallest absolute Gasteiger partial charge is 0.256 e. The Labute approximate surface area is 148 Å². The van der Waals surface area contributed by atoms with E-state index >= 15 is 0 Å². The van der Waals surface area contributed by atoms with Gasteiger partial charge in [0.2, 0.25) is 0 Å². The quantitative estimate of drug-likeness (QED) is 0.313. The molecule has 2 rings (SSSR count). The standard InChI is InChI=1S/C19H25NO5/c1-13-14(2)18(22)20(17(13)21)12-11-16(23-5)24-25-19(3,4)15-9-7-6-8-10-15/h6-10,16H,11-12H2,1-5H3. The van der Waals surface area contributed by atoms with E-state index in [1.807, 2.05) is 44.2 Å². The predicted octanol–water partition coefficient (Wildman–Crippen LogP) is 2.94. The number of rotatable bonds is 8. The molecule has 0 saturated carbocycles. The molecule has 6 heteroatoms. The second-order valence-corrected chi connectivity index (χ2v) is 6.52. The Hall–Kier alpha value is -2.02. The molecule has 1 aromatic carbocycles. The number of carbonyl (C=O) groups is 2. The lowest BCUT2D eigenvalue weighted by Gasteiger charge is -2.27. The van der Waals surface area contributed by atoms with Gasteiger partial charge in [-0.05, 0) is 33.3 Å². The number of methoxy groups -OCH3 is 1. The van der Waals surface area contributed by atoms with E-state index in [1.54, 1.807) is 13.8 Å². The first-order chi connectivity index (χ1) is 11.8. The van der Waals surface area contributed by atoms with Crippen molar-refractivity contribution in [2.75, 3.05) is 13.7 Å². The minimum Gasteiger partial charge on any atom is -0.353 e. The van der Waals surface area contributed by atoms with Crippen molar-refractivity contribution in [1.82, 2.24) is 4.90 Å². The van der Waals surface area contributed by atoms with E-state index in [9.17, 15) is 9.59 Å². The van der Waals surface area contributed by atoms with E-state index in [0.29, 0.717) is 17.6 Å². The average molecular weight is 347 g/mol. The number of imide groups is 1. The zero-order valence-corrected chi connectivity index (χ0v) is 15.4. The van der Waals surface area contributed by atoms with Gasteiger partial charge in [-0.15, -0.1) is 0 Å². The molecule has 0 N–H and O–H groups in total. The molecule has 1 aliphatic heterocycles. The number of hydrogen-bond acceptors (Lipinski definition) is 5. The number of ether oxygens (including phenoxy) is 1. The van der Waals surface area contributed by atoms with Gasteiger partial charge in [0.15, 0.2) is 6.29 Å². The Morgan fingerprint density at radius 2 is 1.60 bits per heavy atom. The van der Waals surface area contributed by atoms with Crippen molar-refractivity contribution in [2.45, 2.75) is 46.0 Å². The van der Waals surface area contributed by atoms with E-state index in [4.69, 9.17) is 14.5 Å². The van der Waals surface area contributed by atoms with E-state index in [1.165, 1.54) is 12.0 Å². The lowest BCUT2D eigenvalue weighted by atomic mass is 9.99. The fourth-order valence-corrected chi connectivity index (χ4v) is 2.52. The number of carbonyl (C=O) groups excluding carboxylic acids is 2. The van der Waals surface area contributed by atoms with Crippen LogP contribution in [0.15, 0.2) is 41.5 Å². The molecule has 1 aliphatic rings. The fourth-order valence-electron chi connectivity index (χ4n) is 2.52. The van der Waals surface area contributed by atoms with Crippen LogP contribution in [0.3, 0.4) is 0 Å². The molecule has 1 heterocycles. The molecular formula is C19H25NO5. The number of hydrogen-bond donors (Lipinski definition) is 0. The van der Waals surface area contributed by atoms with Gasteiger partial charge < -0.3 is 4.74 Å². The summed E-state index contributed by atoms with van der Waals surface area (Å²) in [5, 5.41) is 0. The van der Waals surface area contributed by atoms with Crippen molar-refractivity contribution in [3.05, 3.63) is 47.0 Å². The molecule has 0 aromatic heterocycles. The monoisotopic (exact) mass is 347 g/mol. The summed E-state index contributed by atoms with van der Waals surface area (Å²) >= 11 is 0.